The molecule has 0 radical (unpaired) electrons. The van der Waals surface area contributed by atoms with Gasteiger partial charge in [-0.05, 0) is 29.8 Å². The standard InChI is InChI=1S/C18H12ClFN4O2S2/c19-14-7-13(5-6-15(14)20)26-9-16(25)22-17-23-24-18(28-17)27-10-12-3-1-11(8-21)2-4-12/h1-7H,9-10H2,(H,22,23,25). The number of benzene rings is 2. The van der Waals surface area contributed by atoms with Gasteiger partial charge in [0.1, 0.15) is 11.6 Å². The maximum atomic E-state index is 13.1. The Balaban J connectivity index is 1.47. The maximum absolute atomic E-state index is 13.1. The normalized spacial score (nSPS) is 10.3. The van der Waals surface area contributed by atoms with Crippen molar-refractivity contribution in [2.75, 3.05) is 11.9 Å². The molecule has 1 heterocycles. The first-order valence-electron chi connectivity index (χ1n) is 7.86. The molecule has 0 atom stereocenters. The Hall–Kier alpha value is -2.67. The fraction of sp³-hybridized carbons (Fsp3) is 0.111. The molecule has 3 aromatic rings. The Bertz CT molecular complexity index is 1020. The molecule has 6 nitrogen and oxygen atoms in total. The van der Waals surface area contributed by atoms with E-state index < -0.39 is 11.7 Å². The van der Waals surface area contributed by atoms with Crippen LogP contribution in [0.5, 0.6) is 5.75 Å². The number of nitrogens with one attached hydrogen (secondary N) is 1. The quantitative estimate of drug-likeness (QED) is 0.434. The first-order valence-corrected chi connectivity index (χ1v) is 10.0. The highest BCUT2D eigenvalue weighted by Gasteiger charge is 2.10. The lowest BCUT2D eigenvalue weighted by Crippen LogP contribution is -2.20. The van der Waals surface area contributed by atoms with Crippen LogP contribution in [0.4, 0.5) is 9.52 Å². The number of amides is 1. The Morgan fingerprint density at radius 2 is 2.07 bits per heavy atom. The van der Waals surface area contributed by atoms with Gasteiger partial charge in [-0.2, -0.15) is 5.26 Å². The van der Waals surface area contributed by atoms with Crippen LogP contribution in [0.25, 0.3) is 0 Å². The zero-order chi connectivity index (χ0) is 19.9. The zero-order valence-corrected chi connectivity index (χ0v) is 16.6. The zero-order valence-electron chi connectivity index (χ0n) is 14.2. The van der Waals surface area contributed by atoms with Gasteiger partial charge in [0.25, 0.3) is 5.91 Å². The van der Waals surface area contributed by atoms with Crippen molar-refractivity contribution < 1.29 is 13.9 Å². The van der Waals surface area contributed by atoms with E-state index in [-0.39, 0.29) is 17.4 Å². The van der Waals surface area contributed by atoms with E-state index in [1.54, 1.807) is 12.1 Å². The van der Waals surface area contributed by atoms with Crippen molar-refractivity contribution in [2.45, 2.75) is 10.1 Å². The molecule has 1 aromatic heterocycles. The third-order valence-corrected chi connectivity index (χ3v) is 5.69. The van der Waals surface area contributed by atoms with Crippen LogP contribution in [0.3, 0.4) is 0 Å². The van der Waals surface area contributed by atoms with Gasteiger partial charge >= 0.3 is 0 Å². The molecule has 1 N–H and O–H groups in total. The number of anilines is 1. The predicted molar refractivity (Wildman–Crippen MR) is 106 cm³/mol. The summed E-state index contributed by atoms with van der Waals surface area (Å²) in [6, 6.07) is 13.2. The largest absolute Gasteiger partial charge is 0.484 e. The molecule has 28 heavy (non-hydrogen) atoms. The number of nitrogens with zero attached hydrogens (tertiary/aromatic N) is 3. The van der Waals surface area contributed by atoms with E-state index in [0.717, 1.165) is 11.6 Å². The molecule has 0 spiro atoms. The minimum Gasteiger partial charge on any atom is -0.484 e. The van der Waals surface area contributed by atoms with Gasteiger partial charge in [-0.15, -0.1) is 10.2 Å². The highest BCUT2D eigenvalue weighted by molar-refractivity contribution is 8.00. The summed E-state index contributed by atoms with van der Waals surface area (Å²) >= 11 is 8.38. The molecule has 0 saturated carbocycles. The number of rotatable bonds is 7. The minimum absolute atomic E-state index is 0.0778. The number of thioether (sulfide) groups is 1. The lowest BCUT2D eigenvalue weighted by molar-refractivity contribution is -0.118. The molecule has 2 aromatic carbocycles. The number of carbonyl (C=O) groups is 1. The first kappa shape index (κ1) is 20.1. The summed E-state index contributed by atoms with van der Waals surface area (Å²) in [5.74, 6) is -0.0148. The van der Waals surface area contributed by atoms with Crippen LogP contribution in [0.15, 0.2) is 46.8 Å². The molecular weight excluding hydrogens is 423 g/mol. The summed E-state index contributed by atoms with van der Waals surface area (Å²) in [6.07, 6.45) is 0. The van der Waals surface area contributed by atoms with E-state index in [0.29, 0.717) is 20.8 Å². The number of carbonyl (C=O) groups excluding carboxylic acids is 1. The summed E-state index contributed by atoms with van der Waals surface area (Å²) in [5.41, 5.74) is 1.66. The van der Waals surface area contributed by atoms with Gasteiger partial charge in [0.2, 0.25) is 5.13 Å². The predicted octanol–water partition coefficient (Wildman–Crippen LogP) is 4.51. The second-order valence-corrected chi connectivity index (χ2v) is 7.99. The van der Waals surface area contributed by atoms with Gasteiger partial charge in [-0.25, -0.2) is 4.39 Å². The molecule has 10 heteroatoms. The molecule has 0 aliphatic heterocycles. The lowest BCUT2D eigenvalue weighted by Gasteiger charge is -2.06. The van der Waals surface area contributed by atoms with E-state index in [1.807, 2.05) is 12.1 Å². The summed E-state index contributed by atoms with van der Waals surface area (Å²) in [5, 5.41) is 19.6. The molecule has 0 fully saturated rings. The fourth-order valence-electron chi connectivity index (χ4n) is 2.01. The van der Waals surface area contributed by atoms with Crippen LogP contribution in [0.1, 0.15) is 11.1 Å². The van der Waals surface area contributed by atoms with E-state index >= 15 is 0 Å². The minimum atomic E-state index is -0.557. The van der Waals surface area contributed by atoms with E-state index in [2.05, 4.69) is 21.6 Å². The molecule has 0 unspecified atom stereocenters. The van der Waals surface area contributed by atoms with E-state index in [9.17, 15) is 9.18 Å². The maximum Gasteiger partial charge on any atom is 0.264 e. The van der Waals surface area contributed by atoms with Gasteiger partial charge in [-0.3, -0.25) is 10.1 Å². The smallest absolute Gasteiger partial charge is 0.264 e. The van der Waals surface area contributed by atoms with Gasteiger partial charge < -0.3 is 4.74 Å². The molecule has 1 amide bonds. The van der Waals surface area contributed by atoms with E-state index in [4.69, 9.17) is 21.6 Å². The number of hydrogen-bond acceptors (Lipinski definition) is 7. The molecule has 0 aliphatic rings. The number of halogens is 2. The fourth-order valence-corrected chi connectivity index (χ4v) is 3.90. The molecule has 142 valence electrons. The third-order valence-electron chi connectivity index (χ3n) is 3.36. The first-order chi connectivity index (χ1) is 13.5. The van der Waals surface area contributed by atoms with Crippen LogP contribution in [0.2, 0.25) is 5.02 Å². The van der Waals surface area contributed by atoms with E-state index in [1.165, 1.54) is 35.2 Å². The van der Waals surface area contributed by atoms with Gasteiger partial charge in [0, 0.05) is 11.8 Å². The Kier molecular flexibility index (Phi) is 6.81. The van der Waals surface area contributed by atoms with Gasteiger partial charge in [0.05, 0.1) is 16.7 Å². The van der Waals surface area contributed by atoms with Crippen molar-refractivity contribution in [1.82, 2.24) is 10.2 Å². The van der Waals surface area contributed by atoms with Crippen LogP contribution in [0, 0.1) is 17.1 Å². The van der Waals surface area contributed by atoms with Crippen molar-refractivity contribution in [3.05, 3.63) is 64.4 Å². The highest BCUT2D eigenvalue weighted by atomic mass is 35.5. The van der Waals surface area contributed by atoms with Gasteiger partial charge in [-0.1, -0.05) is 46.8 Å². The van der Waals surface area contributed by atoms with Gasteiger partial charge in [0.15, 0.2) is 10.9 Å². The molecule has 0 bridgehead atoms. The Morgan fingerprint density at radius 3 is 2.79 bits per heavy atom. The molecule has 0 saturated heterocycles. The number of ether oxygens (including phenoxy) is 1. The average Bonchev–Trinajstić information content (AvgIpc) is 3.15. The number of nitriles is 1. The summed E-state index contributed by atoms with van der Waals surface area (Å²) in [7, 11) is 0. The second kappa shape index (κ2) is 9.50. The SMILES string of the molecule is N#Cc1ccc(CSc2nnc(NC(=O)COc3ccc(F)c(Cl)c3)s2)cc1. The Labute approximate surface area is 173 Å². The Morgan fingerprint density at radius 1 is 1.29 bits per heavy atom. The van der Waals surface area contributed by atoms with Crippen LogP contribution in [-0.2, 0) is 10.5 Å². The molecule has 0 aliphatic carbocycles. The summed E-state index contributed by atoms with van der Waals surface area (Å²) < 4.78 is 19.1. The van der Waals surface area contributed by atoms with Crippen molar-refractivity contribution in [1.29, 1.82) is 5.26 Å². The second-order valence-electron chi connectivity index (χ2n) is 5.38. The number of aromatic nitrogens is 2. The van der Waals surface area contributed by atoms with Crippen LogP contribution < -0.4 is 10.1 Å². The van der Waals surface area contributed by atoms with Crippen LogP contribution in [-0.4, -0.2) is 22.7 Å². The average molecular weight is 435 g/mol. The van der Waals surface area contributed by atoms with Crippen molar-refractivity contribution in [3.8, 4) is 11.8 Å². The topological polar surface area (TPSA) is 87.9 Å². The van der Waals surface area contributed by atoms with Crippen molar-refractivity contribution in [3.63, 3.8) is 0 Å². The van der Waals surface area contributed by atoms with Crippen molar-refractivity contribution in [2.24, 2.45) is 0 Å². The lowest BCUT2D eigenvalue weighted by atomic mass is 10.2. The van der Waals surface area contributed by atoms with Crippen LogP contribution >= 0.6 is 34.7 Å². The molecule has 3 rings (SSSR count). The number of hydrogen-bond donors (Lipinski definition) is 1. The molecular formula is C18H12ClFN4O2S2. The highest BCUT2D eigenvalue weighted by Crippen LogP contribution is 2.28. The summed E-state index contributed by atoms with van der Waals surface area (Å²) in [6.45, 7) is -0.269. The van der Waals surface area contributed by atoms with Crippen molar-refractivity contribution >= 4 is 45.7 Å². The monoisotopic (exact) mass is 434 g/mol. The third kappa shape index (κ3) is 5.66. The summed E-state index contributed by atoms with van der Waals surface area (Å²) in [4.78, 5) is 11.9.